The number of carbonyl (C=O) groups excluding carboxylic acids is 2. The van der Waals surface area contributed by atoms with Crippen LogP contribution in [-0.2, 0) is 4.79 Å². The molecule has 1 unspecified atom stereocenters. The van der Waals surface area contributed by atoms with Crippen LogP contribution in [0.1, 0.15) is 28.8 Å². The van der Waals surface area contributed by atoms with Crippen molar-refractivity contribution >= 4 is 11.7 Å². The van der Waals surface area contributed by atoms with Crippen molar-refractivity contribution in [3.05, 3.63) is 35.4 Å². The predicted molar refractivity (Wildman–Crippen MR) is 76.7 cm³/mol. The molecular formula is C16H17N3O2. The van der Waals surface area contributed by atoms with Crippen LogP contribution in [0.15, 0.2) is 24.3 Å². The second-order valence-corrected chi connectivity index (χ2v) is 5.63. The quantitative estimate of drug-likeness (QED) is 0.778. The lowest BCUT2D eigenvalue weighted by Crippen LogP contribution is -2.52. The Morgan fingerprint density at radius 2 is 2.05 bits per heavy atom. The van der Waals surface area contributed by atoms with Crippen LogP contribution in [0.25, 0.3) is 0 Å². The lowest BCUT2D eigenvalue weighted by atomic mass is 10.1. The molecule has 2 aliphatic rings. The number of benzene rings is 1. The second-order valence-electron chi connectivity index (χ2n) is 5.63. The molecule has 1 aromatic rings. The van der Waals surface area contributed by atoms with E-state index in [2.05, 4.69) is 4.90 Å². The summed E-state index contributed by atoms with van der Waals surface area (Å²) in [5, 5.41) is 8.76. The average molecular weight is 283 g/mol. The van der Waals surface area contributed by atoms with E-state index in [0.29, 0.717) is 24.1 Å². The van der Waals surface area contributed by atoms with Gasteiger partial charge in [-0.3, -0.25) is 14.5 Å². The Morgan fingerprint density at radius 1 is 1.29 bits per heavy atom. The van der Waals surface area contributed by atoms with Gasteiger partial charge < -0.3 is 4.90 Å². The Labute approximate surface area is 123 Å². The molecule has 0 spiro atoms. The summed E-state index contributed by atoms with van der Waals surface area (Å²) < 4.78 is 0. The first-order chi connectivity index (χ1) is 10.2. The molecule has 0 aromatic heterocycles. The van der Waals surface area contributed by atoms with E-state index < -0.39 is 0 Å². The highest BCUT2D eigenvalue weighted by Crippen LogP contribution is 2.22. The zero-order valence-electron chi connectivity index (χ0n) is 11.8. The third kappa shape index (κ3) is 2.81. The van der Waals surface area contributed by atoms with Gasteiger partial charge in [0.05, 0.1) is 18.2 Å². The number of hydrogen-bond donors (Lipinski definition) is 0. The van der Waals surface area contributed by atoms with Crippen molar-refractivity contribution in [2.24, 2.45) is 0 Å². The second kappa shape index (κ2) is 5.66. The molecule has 5 heteroatoms. The fraction of sp³-hybridized carbons (Fsp3) is 0.438. The van der Waals surface area contributed by atoms with Crippen LogP contribution in [0.4, 0.5) is 0 Å². The highest BCUT2D eigenvalue weighted by atomic mass is 16.2. The van der Waals surface area contributed by atoms with Crippen molar-refractivity contribution in [2.45, 2.75) is 18.9 Å². The first-order valence-corrected chi connectivity index (χ1v) is 7.22. The molecule has 2 heterocycles. The lowest BCUT2D eigenvalue weighted by Gasteiger charge is -2.37. The highest BCUT2D eigenvalue weighted by molar-refractivity contribution is 5.97. The molecular weight excluding hydrogens is 266 g/mol. The van der Waals surface area contributed by atoms with Crippen LogP contribution in [0, 0.1) is 11.3 Å². The van der Waals surface area contributed by atoms with E-state index in [1.807, 2.05) is 11.0 Å². The Bertz CT molecular complexity index is 603. The molecule has 21 heavy (non-hydrogen) atoms. The number of amides is 1. The van der Waals surface area contributed by atoms with Gasteiger partial charge in [-0.25, -0.2) is 0 Å². The van der Waals surface area contributed by atoms with Crippen LogP contribution < -0.4 is 0 Å². The molecule has 2 aliphatic heterocycles. The number of nitrogens with zero attached hydrogens (tertiary/aromatic N) is 3. The number of nitriles is 1. The van der Waals surface area contributed by atoms with Crippen molar-refractivity contribution in [1.29, 1.82) is 5.26 Å². The molecule has 0 N–H and O–H groups in total. The number of fused-ring (bicyclic) bond motifs is 1. The van der Waals surface area contributed by atoms with Gasteiger partial charge in [0.15, 0.2) is 5.78 Å². The van der Waals surface area contributed by atoms with Gasteiger partial charge in [0.2, 0.25) is 5.91 Å². The number of hydrogen-bond acceptors (Lipinski definition) is 4. The minimum Gasteiger partial charge on any atom is -0.337 e. The first-order valence-electron chi connectivity index (χ1n) is 7.22. The van der Waals surface area contributed by atoms with Crippen molar-refractivity contribution < 1.29 is 9.59 Å². The summed E-state index contributed by atoms with van der Waals surface area (Å²) in [6, 6.07) is 9.07. The van der Waals surface area contributed by atoms with Gasteiger partial charge in [-0.2, -0.15) is 5.26 Å². The number of Topliss-reactive ketones (excluding diaryl/α,β-unsaturated/α-hetero) is 1. The SMILES string of the molecule is N#Cc1ccc(C(=O)CN2CCN3C(=O)CCC3C2)cc1. The van der Waals surface area contributed by atoms with Crippen molar-refractivity contribution in [3.8, 4) is 6.07 Å². The molecule has 2 fully saturated rings. The molecule has 0 aliphatic carbocycles. The van der Waals surface area contributed by atoms with E-state index >= 15 is 0 Å². The van der Waals surface area contributed by atoms with E-state index in [1.54, 1.807) is 24.3 Å². The molecule has 0 saturated carbocycles. The summed E-state index contributed by atoms with van der Waals surface area (Å²) in [7, 11) is 0. The minimum atomic E-state index is 0.0669. The van der Waals surface area contributed by atoms with Gasteiger partial charge in [-0.05, 0) is 18.6 Å². The van der Waals surface area contributed by atoms with Gasteiger partial charge in [0.1, 0.15) is 0 Å². The molecule has 1 amide bonds. The fourth-order valence-electron chi connectivity index (χ4n) is 3.10. The van der Waals surface area contributed by atoms with E-state index in [-0.39, 0.29) is 17.7 Å². The molecule has 108 valence electrons. The molecule has 0 bridgehead atoms. The summed E-state index contributed by atoms with van der Waals surface area (Å²) in [5.41, 5.74) is 1.20. The normalized spacial score (nSPS) is 22.0. The first kappa shape index (κ1) is 13.8. The average Bonchev–Trinajstić information content (AvgIpc) is 2.88. The van der Waals surface area contributed by atoms with E-state index in [9.17, 15) is 9.59 Å². The third-order valence-corrected chi connectivity index (χ3v) is 4.28. The van der Waals surface area contributed by atoms with Crippen LogP contribution in [0.3, 0.4) is 0 Å². The summed E-state index contributed by atoms with van der Waals surface area (Å²) in [6.07, 6.45) is 1.54. The summed E-state index contributed by atoms with van der Waals surface area (Å²) in [4.78, 5) is 28.0. The van der Waals surface area contributed by atoms with Gasteiger partial charge in [-0.15, -0.1) is 0 Å². The standard InChI is InChI=1S/C16H17N3O2/c17-9-12-1-3-13(4-2-12)15(20)11-18-7-8-19-14(10-18)5-6-16(19)21/h1-4,14H,5-8,10-11H2. The van der Waals surface area contributed by atoms with E-state index in [4.69, 9.17) is 5.26 Å². The van der Waals surface area contributed by atoms with Crippen LogP contribution in [0.2, 0.25) is 0 Å². The summed E-state index contributed by atoms with van der Waals surface area (Å²) in [5.74, 6) is 0.315. The molecule has 2 saturated heterocycles. The maximum Gasteiger partial charge on any atom is 0.222 e. The zero-order valence-corrected chi connectivity index (χ0v) is 11.8. The molecule has 0 radical (unpaired) electrons. The Kier molecular flexibility index (Phi) is 3.72. The topological polar surface area (TPSA) is 64.4 Å². The third-order valence-electron chi connectivity index (χ3n) is 4.28. The number of carbonyl (C=O) groups is 2. The van der Waals surface area contributed by atoms with E-state index in [1.165, 1.54) is 0 Å². The number of ketones is 1. The maximum absolute atomic E-state index is 12.3. The minimum absolute atomic E-state index is 0.0669. The van der Waals surface area contributed by atoms with Crippen molar-refractivity contribution in [2.75, 3.05) is 26.2 Å². The fourth-order valence-corrected chi connectivity index (χ4v) is 3.10. The molecule has 1 atom stereocenters. The highest BCUT2D eigenvalue weighted by Gasteiger charge is 2.35. The Hall–Kier alpha value is -2.19. The summed E-state index contributed by atoms with van der Waals surface area (Å²) >= 11 is 0. The lowest BCUT2D eigenvalue weighted by molar-refractivity contribution is -0.130. The maximum atomic E-state index is 12.3. The van der Waals surface area contributed by atoms with Gasteiger partial charge in [0, 0.05) is 37.7 Å². The number of piperazine rings is 1. The van der Waals surface area contributed by atoms with Crippen LogP contribution >= 0.6 is 0 Å². The smallest absolute Gasteiger partial charge is 0.222 e. The van der Waals surface area contributed by atoms with E-state index in [0.717, 1.165) is 26.1 Å². The van der Waals surface area contributed by atoms with Gasteiger partial charge >= 0.3 is 0 Å². The Balaban J connectivity index is 1.60. The van der Waals surface area contributed by atoms with Gasteiger partial charge in [-0.1, -0.05) is 12.1 Å². The van der Waals surface area contributed by atoms with Gasteiger partial charge in [0.25, 0.3) is 0 Å². The molecule has 1 aromatic carbocycles. The molecule has 3 rings (SSSR count). The van der Waals surface area contributed by atoms with Crippen molar-refractivity contribution in [1.82, 2.24) is 9.80 Å². The predicted octanol–water partition coefficient (Wildman–Crippen LogP) is 1.05. The summed E-state index contributed by atoms with van der Waals surface area (Å²) in [6.45, 7) is 2.65. The van der Waals surface area contributed by atoms with Crippen LogP contribution in [0.5, 0.6) is 0 Å². The monoisotopic (exact) mass is 283 g/mol. The largest absolute Gasteiger partial charge is 0.337 e. The van der Waals surface area contributed by atoms with Crippen molar-refractivity contribution in [3.63, 3.8) is 0 Å². The number of rotatable bonds is 3. The zero-order chi connectivity index (χ0) is 14.8. The Morgan fingerprint density at radius 3 is 2.76 bits per heavy atom. The molecule has 5 nitrogen and oxygen atoms in total. The van der Waals surface area contributed by atoms with Crippen LogP contribution in [-0.4, -0.2) is 53.7 Å².